The zero-order valence-corrected chi connectivity index (χ0v) is 12.5. The summed E-state index contributed by atoms with van der Waals surface area (Å²) in [5.74, 6) is -1.69. The van der Waals surface area contributed by atoms with Crippen LogP contribution in [0.25, 0.3) is 0 Å². The Balaban J connectivity index is 1.87. The Morgan fingerprint density at radius 3 is 2.46 bits per heavy atom. The van der Waals surface area contributed by atoms with Crippen molar-refractivity contribution in [3.8, 4) is 5.75 Å². The van der Waals surface area contributed by atoms with Crippen molar-refractivity contribution in [2.24, 2.45) is 0 Å². The number of nitrogens with one attached hydrogen (secondary N) is 1. The minimum atomic E-state index is -4.76. The Morgan fingerprint density at radius 2 is 1.83 bits per heavy atom. The summed E-state index contributed by atoms with van der Waals surface area (Å²) in [6, 6.07) is 9.00. The highest BCUT2D eigenvalue weighted by Crippen LogP contribution is 2.31. The number of carbonyl (C=O) groups excluding carboxylic acids is 1. The van der Waals surface area contributed by atoms with Crippen molar-refractivity contribution in [2.75, 3.05) is 6.54 Å². The van der Waals surface area contributed by atoms with E-state index in [1.807, 2.05) is 0 Å². The number of rotatable bonds is 5. The fourth-order valence-electron chi connectivity index (χ4n) is 2.20. The number of hydrogen-bond donors (Lipinski definition) is 2. The van der Waals surface area contributed by atoms with E-state index in [1.165, 1.54) is 6.07 Å². The molecule has 24 heavy (non-hydrogen) atoms. The number of carbonyl (C=O) groups is 1. The molecule has 0 aliphatic carbocycles. The predicted molar refractivity (Wildman–Crippen MR) is 79.9 cm³/mol. The van der Waals surface area contributed by atoms with Gasteiger partial charge in [0.05, 0.1) is 12.0 Å². The lowest BCUT2D eigenvalue weighted by Gasteiger charge is -2.10. The quantitative estimate of drug-likeness (QED) is 0.819. The number of aromatic hydroxyl groups is 1. The maximum Gasteiger partial charge on any atom is 0.419 e. The predicted octanol–water partition coefficient (Wildman–Crippen LogP) is 3.45. The van der Waals surface area contributed by atoms with Gasteiger partial charge in [0.1, 0.15) is 11.6 Å². The normalized spacial score (nSPS) is 11.3. The van der Waals surface area contributed by atoms with Crippen LogP contribution in [-0.4, -0.2) is 17.6 Å². The minimum absolute atomic E-state index is 0.124. The molecule has 0 saturated heterocycles. The average molecular weight is 341 g/mol. The van der Waals surface area contributed by atoms with Gasteiger partial charge in [-0.25, -0.2) is 4.39 Å². The molecule has 0 aliphatic rings. The van der Waals surface area contributed by atoms with Crippen LogP contribution in [-0.2, 0) is 23.8 Å². The molecule has 0 heterocycles. The minimum Gasteiger partial charge on any atom is -0.508 e. The molecule has 2 N–H and O–H groups in total. The fourth-order valence-corrected chi connectivity index (χ4v) is 2.20. The van der Waals surface area contributed by atoms with Gasteiger partial charge in [0, 0.05) is 6.54 Å². The second kappa shape index (κ2) is 7.33. The summed E-state index contributed by atoms with van der Waals surface area (Å²) in [4.78, 5) is 11.8. The van der Waals surface area contributed by atoms with Crippen LogP contribution in [0.4, 0.5) is 17.6 Å². The van der Waals surface area contributed by atoms with Gasteiger partial charge in [-0.2, -0.15) is 13.2 Å². The van der Waals surface area contributed by atoms with E-state index < -0.39 is 23.5 Å². The molecule has 0 saturated carbocycles. The maximum atomic E-state index is 13.4. The van der Waals surface area contributed by atoms with Crippen LogP contribution in [0.15, 0.2) is 42.5 Å². The fraction of sp³-hybridized carbons (Fsp3) is 0.235. The Bertz CT molecular complexity index is 729. The van der Waals surface area contributed by atoms with Crippen molar-refractivity contribution in [2.45, 2.75) is 19.0 Å². The summed E-state index contributed by atoms with van der Waals surface area (Å²) in [6.45, 7) is 0.297. The second-order valence-corrected chi connectivity index (χ2v) is 5.26. The summed E-state index contributed by atoms with van der Waals surface area (Å²) < 4.78 is 50.8. The van der Waals surface area contributed by atoms with Gasteiger partial charge >= 0.3 is 6.18 Å². The first kappa shape index (κ1) is 17.8. The molecule has 7 heteroatoms. The van der Waals surface area contributed by atoms with Crippen LogP contribution in [0.5, 0.6) is 5.75 Å². The zero-order valence-electron chi connectivity index (χ0n) is 12.5. The van der Waals surface area contributed by atoms with Crippen LogP contribution in [0.2, 0.25) is 0 Å². The lowest BCUT2D eigenvalue weighted by Crippen LogP contribution is -2.27. The summed E-state index contributed by atoms with van der Waals surface area (Å²) in [7, 11) is 0. The third-order valence-corrected chi connectivity index (χ3v) is 3.35. The highest BCUT2D eigenvalue weighted by molar-refractivity contribution is 5.78. The second-order valence-electron chi connectivity index (χ2n) is 5.26. The van der Waals surface area contributed by atoms with Crippen molar-refractivity contribution in [1.29, 1.82) is 0 Å². The van der Waals surface area contributed by atoms with Gasteiger partial charge in [-0.15, -0.1) is 0 Å². The largest absolute Gasteiger partial charge is 0.508 e. The highest BCUT2D eigenvalue weighted by Gasteiger charge is 2.33. The third-order valence-electron chi connectivity index (χ3n) is 3.35. The molecule has 2 rings (SSSR count). The molecule has 0 aliphatic heterocycles. The molecule has 3 nitrogen and oxygen atoms in total. The Hall–Kier alpha value is -2.57. The third kappa shape index (κ3) is 4.97. The van der Waals surface area contributed by atoms with E-state index in [0.717, 1.165) is 17.7 Å². The van der Waals surface area contributed by atoms with E-state index in [0.29, 0.717) is 19.0 Å². The first-order valence-electron chi connectivity index (χ1n) is 7.16. The number of benzene rings is 2. The average Bonchev–Trinajstić information content (AvgIpc) is 2.46. The standard InChI is InChI=1S/C17H15F4NO2/c18-15-9-12(4-5-14(15)17(19,20)21)10-16(24)22-7-6-11-2-1-3-13(23)8-11/h1-5,8-9,23H,6-7,10H2,(H,22,24). The smallest absolute Gasteiger partial charge is 0.419 e. The van der Waals surface area contributed by atoms with Gasteiger partial charge in [-0.05, 0) is 41.8 Å². The lowest BCUT2D eigenvalue weighted by molar-refractivity contribution is -0.140. The van der Waals surface area contributed by atoms with Gasteiger partial charge in [-0.1, -0.05) is 18.2 Å². The van der Waals surface area contributed by atoms with Crippen LogP contribution >= 0.6 is 0 Å². The van der Waals surface area contributed by atoms with Gasteiger partial charge in [-0.3, -0.25) is 4.79 Å². The number of halogens is 4. The van der Waals surface area contributed by atoms with Crippen molar-refractivity contribution in [3.05, 3.63) is 65.0 Å². The van der Waals surface area contributed by atoms with Crippen LogP contribution in [0.1, 0.15) is 16.7 Å². The van der Waals surface area contributed by atoms with E-state index in [-0.39, 0.29) is 17.7 Å². The van der Waals surface area contributed by atoms with Crippen LogP contribution < -0.4 is 5.32 Å². The van der Waals surface area contributed by atoms with E-state index in [2.05, 4.69) is 5.32 Å². The maximum absolute atomic E-state index is 13.4. The molecule has 1 amide bonds. The molecule has 0 fully saturated rings. The first-order valence-corrected chi connectivity index (χ1v) is 7.16. The van der Waals surface area contributed by atoms with E-state index in [4.69, 9.17) is 0 Å². The number of phenolic OH excluding ortho intramolecular Hbond substituents is 1. The number of hydrogen-bond acceptors (Lipinski definition) is 2. The van der Waals surface area contributed by atoms with E-state index in [9.17, 15) is 27.5 Å². The van der Waals surface area contributed by atoms with Gasteiger partial charge < -0.3 is 10.4 Å². The summed E-state index contributed by atoms with van der Waals surface area (Å²) in [5.41, 5.74) is -0.359. The van der Waals surface area contributed by atoms with Crippen molar-refractivity contribution < 1.29 is 27.5 Å². The highest BCUT2D eigenvalue weighted by atomic mass is 19.4. The molecule has 0 atom stereocenters. The lowest BCUT2D eigenvalue weighted by atomic mass is 10.1. The molecule has 0 unspecified atom stereocenters. The molecule has 2 aromatic rings. The summed E-state index contributed by atoms with van der Waals surface area (Å²) in [5, 5.41) is 11.9. The molecule has 0 aromatic heterocycles. The Kier molecular flexibility index (Phi) is 5.43. The molecular formula is C17H15F4NO2. The molecule has 2 aromatic carbocycles. The number of alkyl halides is 3. The van der Waals surface area contributed by atoms with Gasteiger partial charge in [0.2, 0.25) is 5.91 Å². The van der Waals surface area contributed by atoms with Gasteiger partial charge in [0.25, 0.3) is 0 Å². The van der Waals surface area contributed by atoms with Gasteiger partial charge in [0.15, 0.2) is 0 Å². The summed E-state index contributed by atoms with van der Waals surface area (Å²) in [6.07, 6.45) is -4.48. The van der Waals surface area contributed by atoms with E-state index in [1.54, 1.807) is 18.2 Å². The summed E-state index contributed by atoms with van der Waals surface area (Å²) >= 11 is 0. The Morgan fingerprint density at radius 1 is 1.08 bits per heavy atom. The van der Waals surface area contributed by atoms with Crippen molar-refractivity contribution >= 4 is 5.91 Å². The SMILES string of the molecule is O=C(Cc1ccc(C(F)(F)F)c(F)c1)NCCc1cccc(O)c1. The zero-order chi connectivity index (χ0) is 17.7. The van der Waals surface area contributed by atoms with Crippen molar-refractivity contribution in [3.63, 3.8) is 0 Å². The Labute approximate surface area is 135 Å². The van der Waals surface area contributed by atoms with Crippen LogP contribution in [0.3, 0.4) is 0 Å². The number of phenols is 1. The van der Waals surface area contributed by atoms with Crippen molar-refractivity contribution in [1.82, 2.24) is 5.32 Å². The molecule has 0 spiro atoms. The molecule has 128 valence electrons. The monoisotopic (exact) mass is 341 g/mol. The molecular weight excluding hydrogens is 326 g/mol. The van der Waals surface area contributed by atoms with E-state index >= 15 is 0 Å². The first-order chi connectivity index (χ1) is 11.3. The number of amides is 1. The van der Waals surface area contributed by atoms with Crippen LogP contribution in [0, 0.1) is 5.82 Å². The molecule has 0 bridgehead atoms. The molecule has 0 radical (unpaired) electrons. The topological polar surface area (TPSA) is 49.3 Å².